The maximum Gasteiger partial charge on any atom is 0.475 e. The Morgan fingerprint density at radius 2 is 1.96 bits per heavy atom. The maximum atomic E-state index is 6.44. The molecule has 3 aliphatic carbocycles. The van der Waals surface area contributed by atoms with Gasteiger partial charge in [-0.15, -0.1) is 6.58 Å². The lowest BCUT2D eigenvalue weighted by Crippen LogP contribution is -2.65. The topological polar surface area (TPSA) is 44.5 Å². The van der Waals surface area contributed by atoms with Crippen LogP contribution in [0.2, 0.25) is 0 Å². The molecule has 4 aliphatic rings. The van der Waals surface area contributed by atoms with Crippen LogP contribution in [0.4, 0.5) is 0 Å². The number of hydrogen-bond acceptors (Lipinski definition) is 3. The number of allylic oxidation sites excluding steroid dienone is 1. The second-order valence-electron chi connectivity index (χ2n) is 8.78. The molecule has 4 fully saturated rings. The van der Waals surface area contributed by atoms with Crippen LogP contribution < -0.4 is 5.73 Å². The largest absolute Gasteiger partial charge is 0.475 e. The highest BCUT2D eigenvalue weighted by Crippen LogP contribution is 2.65. The van der Waals surface area contributed by atoms with Crippen molar-refractivity contribution >= 4 is 7.12 Å². The normalized spacial score (nSPS) is 38.8. The molecule has 0 aromatic carbocycles. The number of unbranched alkanes of at least 4 members (excludes halogenated alkanes) is 4. The molecule has 4 heteroatoms. The molecule has 3 nitrogen and oxygen atoms in total. The van der Waals surface area contributed by atoms with Crippen LogP contribution in [0, 0.1) is 17.3 Å². The van der Waals surface area contributed by atoms with E-state index in [1.807, 2.05) is 6.08 Å². The van der Waals surface area contributed by atoms with Gasteiger partial charge in [0.25, 0.3) is 0 Å². The molecule has 5 atom stereocenters. The van der Waals surface area contributed by atoms with Gasteiger partial charge in [0.1, 0.15) is 0 Å². The van der Waals surface area contributed by atoms with E-state index in [-0.39, 0.29) is 24.8 Å². The predicted molar refractivity (Wildman–Crippen MR) is 96.0 cm³/mol. The van der Waals surface area contributed by atoms with Crippen LogP contribution >= 0.6 is 0 Å². The number of hydrogen-bond donors (Lipinski definition) is 1. The summed E-state index contributed by atoms with van der Waals surface area (Å²) in [6, 6.07) is 0. The van der Waals surface area contributed by atoms with E-state index in [0.29, 0.717) is 11.3 Å². The van der Waals surface area contributed by atoms with E-state index in [4.69, 9.17) is 15.0 Å². The Labute approximate surface area is 142 Å². The molecule has 4 unspecified atom stereocenters. The fourth-order valence-electron chi connectivity index (χ4n) is 5.24. The van der Waals surface area contributed by atoms with Gasteiger partial charge in [-0.3, -0.25) is 0 Å². The SMILES string of the molecule is C=CCCCCCCC(N)B1OC2CC3CC(C3(C)C)[C@]2(C)O1. The van der Waals surface area contributed by atoms with Gasteiger partial charge in [-0.05, 0) is 56.3 Å². The van der Waals surface area contributed by atoms with Gasteiger partial charge in [-0.1, -0.05) is 39.2 Å². The van der Waals surface area contributed by atoms with Gasteiger partial charge in [-0.25, -0.2) is 0 Å². The molecule has 0 aromatic rings. The summed E-state index contributed by atoms with van der Waals surface area (Å²) in [5.74, 6) is 1.43. The Hall–Kier alpha value is -0.315. The average molecular weight is 319 g/mol. The van der Waals surface area contributed by atoms with E-state index < -0.39 is 0 Å². The standard InChI is InChI=1S/C19H34BNO2/c1-5-6-7-8-9-10-11-17(21)20-22-16-13-14-12-15(18(14,2)3)19(16,4)23-20/h5,14-17H,1,6-13,21H2,2-4H3/t14?,15?,16?,17?,19-/m0/s1. The highest BCUT2D eigenvalue weighted by Gasteiger charge is 2.68. The van der Waals surface area contributed by atoms with E-state index in [9.17, 15) is 0 Å². The summed E-state index contributed by atoms with van der Waals surface area (Å²) < 4.78 is 12.7. The molecule has 1 aliphatic heterocycles. The van der Waals surface area contributed by atoms with Gasteiger partial charge in [0, 0.05) is 5.94 Å². The third-order valence-corrected chi connectivity index (χ3v) is 7.01. The molecule has 3 saturated carbocycles. The van der Waals surface area contributed by atoms with Crippen molar-refractivity contribution < 1.29 is 9.31 Å². The first-order valence-electron chi connectivity index (χ1n) is 9.59. The summed E-state index contributed by atoms with van der Waals surface area (Å²) >= 11 is 0. The second kappa shape index (κ2) is 6.53. The van der Waals surface area contributed by atoms with Gasteiger partial charge in [0.15, 0.2) is 0 Å². The molecule has 1 saturated heterocycles. The highest BCUT2D eigenvalue weighted by molar-refractivity contribution is 6.47. The van der Waals surface area contributed by atoms with Crippen molar-refractivity contribution in [3.63, 3.8) is 0 Å². The van der Waals surface area contributed by atoms with Gasteiger partial charge >= 0.3 is 7.12 Å². The summed E-state index contributed by atoms with van der Waals surface area (Å²) in [4.78, 5) is 0. The van der Waals surface area contributed by atoms with Crippen LogP contribution in [0.25, 0.3) is 0 Å². The van der Waals surface area contributed by atoms with Crippen molar-refractivity contribution in [3.8, 4) is 0 Å². The van der Waals surface area contributed by atoms with Crippen LogP contribution in [0.1, 0.15) is 72.1 Å². The van der Waals surface area contributed by atoms with Crippen molar-refractivity contribution in [2.45, 2.75) is 89.8 Å². The molecule has 23 heavy (non-hydrogen) atoms. The molecule has 0 radical (unpaired) electrons. The third kappa shape index (κ3) is 3.03. The van der Waals surface area contributed by atoms with Gasteiger partial charge in [-0.2, -0.15) is 0 Å². The van der Waals surface area contributed by atoms with Crippen molar-refractivity contribution in [2.24, 2.45) is 23.0 Å². The molecular formula is C19H34BNO2. The first-order valence-corrected chi connectivity index (χ1v) is 9.59. The summed E-state index contributed by atoms with van der Waals surface area (Å²) in [6.45, 7) is 10.8. The number of nitrogens with two attached hydrogens (primary N) is 1. The highest BCUT2D eigenvalue weighted by atomic mass is 16.7. The Kier molecular flexibility index (Phi) is 4.97. The molecule has 4 rings (SSSR count). The lowest BCUT2D eigenvalue weighted by atomic mass is 9.43. The van der Waals surface area contributed by atoms with Crippen LogP contribution in [-0.4, -0.2) is 24.8 Å². The lowest BCUT2D eigenvalue weighted by Gasteiger charge is -2.64. The Morgan fingerprint density at radius 1 is 1.22 bits per heavy atom. The van der Waals surface area contributed by atoms with Gasteiger partial charge in [0.05, 0.1) is 11.7 Å². The average Bonchev–Trinajstić information content (AvgIpc) is 2.87. The zero-order valence-electron chi connectivity index (χ0n) is 15.2. The minimum absolute atomic E-state index is 0.0112. The minimum Gasteiger partial charge on any atom is -0.404 e. The maximum absolute atomic E-state index is 6.44. The summed E-state index contributed by atoms with van der Waals surface area (Å²) in [6.07, 6.45) is 11.7. The molecule has 0 amide bonds. The van der Waals surface area contributed by atoms with Crippen molar-refractivity contribution in [2.75, 3.05) is 0 Å². The zero-order valence-corrected chi connectivity index (χ0v) is 15.2. The minimum atomic E-state index is -0.201. The van der Waals surface area contributed by atoms with E-state index in [0.717, 1.165) is 25.2 Å². The molecule has 2 bridgehead atoms. The molecule has 0 aromatic heterocycles. The first kappa shape index (κ1) is 17.5. The Bertz CT molecular complexity index is 441. The summed E-state index contributed by atoms with van der Waals surface area (Å²) in [5, 5.41) is 0. The van der Waals surface area contributed by atoms with Crippen LogP contribution in [0.3, 0.4) is 0 Å². The lowest BCUT2D eigenvalue weighted by molar-refractivity contribution is -0.199. The smallest absolute Gasteiger partial charge is 0.404 e. The van der Waals surface area contributed by atoms with Gasteiger partial charge < -0.3 is 15.0 Å². The van der Waals surface area contributed by atoms with Gasteiger partial charge in [0.2, 0.25) is 0 Å². The van der Waals surface area contributed by atoms with Crippen molar-refractivity contribution in [1.29, 1.82) is 0 Å². The molecule has 0 spiro atoms. The van der Waals surface area contributed by atoms with Crippen LogP contribution in [-0.2, 0) is 9.31 Å². The second-order valence-corrected chi connectivity index (χ2v) is 8.78. The third-order valence-electron chi connectivity index (χ3n) is 7.01. The zero-order chi connectivity index (χ0) is 16.7. The van der Waals surface area contributed by atoms with E-state index >= 15 is 0 Å². The fourth-order valence-corrected chi connectivity index (χ4v) is 5.24. The van der Waals surface area contributed by atoms with Crippen molar-refractivity contribution in [3.05, 3.63) is 12.7 Å². The summed E-state index contributed by atoms with van der Waals surface area (Å²) in [7, 11) is -0.201. The molecule has 2 N–H and O–H groups in total. The summed E-state index contributed by atoms with van der Waals surface area (Å²) in [5.41, 5.74) is 6.67. The van der Waals surface area contributed by atoms with Crippen LogP contribution in [0.5, 0.6) is 0 Å². The van der Waals surface area contributed by atoms with E-state index in [1.54, 1.807) is 0 Å². The Morgan fingerprint density at radius 3 is 2.65 bits per heavy atom. The molecule has 130 valence electrons. The van der Waals surface area contributed by atoms with E-state index in [1.165, 1.54) is 32.1 Å². The Balaban J connectivity index is 1.47. The molecule has 1 heterocycles. The van der Waals surface area contributed by atoms with E-state index in [2.05, 4.69) is 27.4 Å². The first-order chi connectivity index (χ1) is 10.9. The number of rotatable bonds is 8. The fraction of sp³-hybridized carbons (Fsp3) is 0.895. The molecular weight excluding hydrogens is 285 g/mol. The quantitative estimate of drug-likeness (QED) is 0.416. The predicted octanol–water partition coefficient (Wildman–Crippen LogP) is 4.11. The van der Waals surface area contributed by atoms with Crippen molar-refractivity contribution in [1.82, 2.24) is 0 Å². The van der Waals surface area contributed by atoms with Crippen LogP contribution in [0.15, 0.2) is 12.7 Å². The monoisotopic (exact) mass is 319 g/mol.